The molecule has 0 aliphatic heterocycles. The van der Waals surface area contributed by atoms with Crippen molar-refractivity contribution in [2.45, 2.75) is 58.3 Å². The summed E-state index contributed by atoms with van der Waals surface area (Å²) in [5, 5.41) is 5.46. The third-order valence-corrected chi connectivity index (χ3v) is 7.01. The molecule has 1 aliphatic rings. The third kappa shape index (κ3) is 6.95. The number of rotatable bonds is 11. The van der Waals surface area contributed by atoms with Crippen LogP contribution in [0.3, 0.4) is 0 Å². The first kappa shape index (κ1) is 25.0. The van der Waals surface area contributed by atoms with Crippen LogP contribution in [0.25, 0.3) is 17.3 Å². The van der Waals surface area contributed by atoms with E-state index in [9.17, 15) is 4.79 Å². The molecule has 1 amide bonds. The van der Waals surface area contributed by atoms with E-state index in [1.807, 2.05) is 23.6 Å². The van der Waals surface area contributed by atoms with Crippen LogP contribution in [0.15, 0.2) is 47.9 Å². The van der Waals surface area contributed by atoms with Gasteiger partial charge in [0, 0.05) is 17.0 Å². The van der Waals surface area contributed by atoms with E-state index >= 15 is 0 Å². The second-order valence-corrected chi connectivity index (χ2v) is 9.73. The fourth-order valence-electron chi connectivity index (χ4n) is 4.29. The van der Waals surface area contributed by atoms with Crippen molar-refractivity contribution in [3.8, 4) is 22.8 Å². The van der Waals surface area contributed by atoms with Gasteiger partial charge in [-0.15, -0.1) is 11.3 Å². The van der Waals surface area contributed by atoms with Crippen LogP contribution in [0.2, 0.25) is 0 Å². The number of anilines is 1. The molecule has 35 heavy (non-hydrogen) atoms. The van der Waals surface area contributed by atoms with E-state index in [1.54, 1.807) is 13.2 Å². The van der Waals surface area contributed by atoms with Crippen LogP contribution in [0, 0.1) is 0 Å². The lowest BCUT2D eigenvalue weighted by Crippen LogP contribution is -2.07. The molecule has 4 rings (SSSR count). The number of carbonyl (C=O) groups is 1. The van der Waals surface area contributed by atoms with Gasteiger partial charge in [-0.3, -0.25) is 10.1 Å². The first-order chi connectivity index (χ1) is 17.2. The van der Waals surface area contributed by atoms with Crippen molar-refractivity contribution in [1.29, 1.82) is 0 Å². The second kappa shape index (κ2) is 12.5. The number of aromatic nitrogens is 1. The fourth-order valence-corrected chi connectivity index (χ4v) is 5.02. The van der Waals surface area contributed by atoms with E-state index in [1.165, 1.54) is 67.1 Å². The highest BCUT2D eigenvalue weighted by Gasteiger charge is 2.12. The summed E-state index contributed by atoms with van der Waals surface area (Å²) in [6.07, 6.45) is 12.7. The smallest absolute Gasteiger partial charge is 0.250 e. The van der Waals surface area contributed by atoms with Crippen LogP contribution in [0.5, 0.6) is 11.5 Å². The molecule has 0 saturated carbocycles. The molecule has 6 heteroatoms. The minimum absolute atomic E-state index is 0.216. The zero-order valence-corrected chi connectivity index (χ0v) is 21.5. The quantitative estimate of drug-likeness (QED) is 0.226. The summed E-state index contributed by atoms with van der Waals surface area (Å²) < 4.78 is 11.3. The fraction of sp³-hybridized carbons (Fsp3) is 0.379. The summed E-state index contributed by atoms with van der Waals surface area (Å²) in [6, 6.07) is 12.3. The van der Waals surface area contributed by atoms with Crippen molar-refractivity contribution in [1.82, 2.24) is 4.98 Å². The molecule has 1 aliphatic carbocycles. The topological polar surface area (TPSA) is 60.5 Å². The Morgan fingerprint density at radius 2 is 1.91 bits per heavy atom. The molecule has 0 radical (unpaired) electrons. The monoisotopic (exact) mass is 490 g/mol. The van der Waals surface area contributed by atoms with Crippen LogP contribution in [0.1, 0.15) is 62.1 Å². The highest BCUT2D eigenvalue weighted by Crippen LogP contribution is 2.30. The maximum atomic E-state index is 12.5. The lowest BCUT2D eigenvalue weighted by Gasteiger charge is -2.16. The molecule has 1 aromatic heterocycles. The summed E-state index contributed by atoms with van der Waals surface area (Å²) in [7, 11) is 1.63. The van der Waals surface area contributed by atoms with Crippen molar-refractivity contribution < 1.29 is 14.3 Å². The average molecular weight is 491 g/mol. The van der Waals surface area contributed by atoms with Crippen LogP contribution in [0.4, 0.5) is 5.13 Å². The largest absolute Gasteiger partial charge is 0.493 e. The summed E-state index contributed by atoms with van der Waals surface area (Å²) in [6.45, 7) is 2.87. The van der Waals surface area contributed by atoms with Crippen LogP contribution in [-0.4, -0.2) is 24.6 Å². The highest BCUT2D eigenvalue weighted by atomic mass is 32.1. The number of aryl methyl sites for hydroxylation is 2. The molecule has 0 atom stereocenters. The predicted octanol–water partition coefficient (Wildman–Crippen LogP) is 7.31. The number of fused-ring (bicyclic) bond motifs is 1. The number of carbonyl (C=O) groups excluding carboxylic acids is 1. The van der Waals surface area contributed by atoms with Crippen molar-refractivity contribution >= 4 is 28.5 Å². The average Bonchev–Trinajstić information content (AvgIpc) is 3.35. The summed E-state index contributed by atoms with van der Waals surface area (Å²) >= 11 is 1.44. The predicted molar refractivity (Wildman–Crippen MR) is 144 cm³/mol. The minimum Gasteiger partial charge on any atom is -0.493 e. The van der Waals surface area contributed by atoms with E-state index in [0.29, 0.717) is 17.5 Å². The standard InChI is InChI=1S/C29H34N2O3S/c1-3-4-5-8-17-34-26-15-11-21(18-27(26)33-2)12-16-28(32)31-29-30-25(20-35-29)24-14-13-22-9-6-7-10-23(22)19-24/h11-16,18-20H,3-10,17H2,1-2H3,(H,30,31,32)/b16-12+. The van der Waals surface area contributed by atoms with Gasteiger partial charge in [-0.2, -0.15) is 0 Å². The van der Waals surface area contributed by atoms with Crippen molar-refractivity contribution in [2.75, 3.05) is 19.0 Å². The molecule has 0 fully saturated rings. The zero-order chi connectivity index (χ0) is 24.5. The number of hydrogen-bond donors (Lipinski definition) is 1. The summed E-state index contributed by atoms with van der Waals surface area (Å²) in [5.74, 6) is 1.17. The number of hydrogen-bond acceptors (Lipinski definition) is 5. The van der Waals surface area contributed by atoms with Crippen LogP contribution in [-0.2, 0) is 17.6 Å². The number of methoxy groups -OCH3 is 1. The van der Waals surface area contributed by atoms with Crippen LogP contribution >= 0.6 is 11.3 Å². The van der Waals surface area contributed by atoms with Crippen molar-refractivity contribution in [3.05, 3.63) is 64.5 Å². The van der Waals surface area contributed by atoms with Gasteiger partial charge in [0.25, 0.3) is 0 Å². The van der Waals surface area contributed by atoms with E-state index in [4.69, 9.17) is 9.47 Å². The Morgan fingerprint density at radius 1 is 1.06 bits per heavy atom. The first-order valence-corrected chi connectivity index (χ1v) is 13.4. The molecule has 0 bridgehead atoms. The molecule has 5 nitrogen and oxygen atoms in total. The summed E-state index contributed by atoms with van der Waals surface area (Å²) in [5.41, 5.74) is 5.76. The Balaban J connectivity index is 1.33. The first-order valence-electron chi connectivity index (χ1n) is 12.5. The maximum absolute atomic E-state index is 12.5. The lowest BCUT2D eigenvalue weighted by molar-refractivity contribution is -0.111. The molecular formula is C29H34N2O3S. The molecule has 2 aromatic carbocycles. The Hall–Kier alpha value is -3.12. The van der Waals surface area contributed by atoms with Gasteiger partial charge in [0.1, 0.15) is 0 Å². The van der Waals surface area contributed by atoms with E-state index in [2.05, 4.69) is 35.4 Å². The minimum atomic E-state index is -0.216. The van der Waals surface area contributed by atoms with E-state index in [0.717, 1.165) is 35.4 Å². The SMILES string of the molecule is CCCCCCOc1ccc(/C=C/C(=O)Nc2nc(-c3ccc4c(c3)CCCC4)cs2)cc1OC. The molecule has 1 heterocycles. The Bertz CT molecular complexity index is 1170. The van der Waals surface area contributed by atoms with Crippen molar-refractivity contribution in [3.63, 3.8) is 0 Å². The van der Waals surface area contributed by atoms with Crippen molar-refractivity contribution in [2.24, 2.45) is 0 Å². The molecule has 3 aromatic rings. The Kier molecular flexibility index (Phi) is 8.96. The number of thiazole rings is 1. The number of nitrogens with one attached hydrogen (secondary N) is 1. The van der Waals surface area contributed by atoms with Gasteiger partial charge < -0.3 is 9.47 Å². The molecular weight excluding hydrogens is 456 g/mol. The van der Waals surface area contributed by atoms with Gasteiger partial charge in [0.05, 0.1) is 19.4 Å². The highest BCUT2D eigenvalue weighted by molar-refractivity contribution is 7.14. The Morgan fingerprint density at radius 3 is 2.74 bits per heavy atom. The zero-order valence-electron chi connectivity index (χ0n) is 20.6. The molecule has 0 spiro atoms. The van der Waals surface area contributed by atoms with Crippen LogP contribution < -0.4 is 14.8 Å². The van der Waals surface area contributed by atoms with Gasteiger partial charge in [0.15, 0.2) is 16.6 Å². The number of unbranched alkanes of at least 4 members (excludes halogenated alkanes) is 3. The maximum Gasteiger partial charge on any atom is 0.250 e. The molecule has 184 valence electrons. The van der Waals surface area contributed by atoms with Gasteiger partial charge in [-0.25, -0.2) is 4.98 Å². The van der Waals surface area contributed by atoms with Gasteiger partial charge >= 0.3 is 0 Å². The second-order valence-electron chi connectivity index (χ2n) is 8.87. The van der Waals surface area contributed by atoms with Gasteiger partial charge in [-0.05, 0) is 73.1 Å². The third-order valence-electron chi connectivity index (χ3n) is 6.25. The summed E-state index contributed by atoms with van der Waals surface area (Å²) in [4.78, 5) is 17.1. The molecule has 1 N–H and O–H groups in total. The van der Waals surface area contributed by atoms with E-state index in [-0.39, 0.29) is 5.91 Å². The Labute approximate surface area is 212 Å². The number of ether oxygens (including phenoxy) is 2. The number of benzene rings is 2. The normalized spacial score (nSPS) is 13.0. The number of amides is 1. The van der Waals surface area contributed by atoms with Gasteiger partial charge in [-0.1, -0.05) is 44.4 Å². The molecule has 0 unspecified atom stereocenters. The molecule has 0 saturated heterocycles. The van der Waals surface area contributed by atoms with Gasteiger partial charge in [0.2, 0.25) is 5.91 Å². The lowest BCUT2D eigenvalue weighted by atomic mass is 9.90. The number of nitrogens with zero attached hydrogens (tertiary/aromatic N) is 1. The van der Waals surface area contributed by atoms with E-state index < -0.39 is 0 Å².